The number of nitrogens with one attached hydrogen (secondary N) is 1. The van der Waals surface area contributed by atoms with Gasteiger partial charge in [0.1, 0.15) is 5.82 Å². The van der Waals surface area contributed by atoms with E-state index in [9.17, 15) is 4.39 Å². The molecule has 4 nitrogen and oxygen atoms in total. The van der Waals surface area contributed by atoms with Crippen LogP contribution in [0.15, 0.2) is 24.3 Å². The Morgan fingerprint density at radius 3 is 2.69 bits per heavy atom. The maximum absolute atomic E-state index is 12.6. The summed E-state index contributed by atoms with van der Waals surface area (Å²) in [5.74, 6) is 0.0721. The van der Waals surface area contributed by atoms with E-state index in [-0.39, 0.29) is 11.8 Å². The van der Waals surface area contributed by atoms with Crippen LogP contribution in [0.4, 0.5) is 15.5 Å². The molecule has 0 spiro atoms. The zero-order valence-corrected chi connectivity index (χ0v) is 9.30. The second-order valence-corrected chi connectivity index (χ2v) is 4.01. The summed E-state index contributed by atoms with van der Waals surface area (Å²) in [6.45, 7) is 0.722. The Kier molecular flexibility index (Phi) is 3.31. The summed E-state index contributed by atoms with van der Waals surface area (Å²) < 4.78 is 16.5. The normalized spacial score (nSPS) is 10.3. The van der Waals surface area contributed by atoms with E-state index in [1.807, 2.05) is 0 Å². The summed E-state index contributed by atoms with van der Waals surface area (Å²) in [4.78, 5) is 3.97. The van der Waals surface area contributed by atoms with Crippen molar-refractivity contribution in [3.05, 3.63) is 35.6 Å². The lowest BCUT2D eigenvalue weighted by atomic mass is 10.1. The maximum Gasteiger partial charge on any atom is 0.233 e. The predicted molar refractivity (Wildman–Crippen MR) is 62.9 cm³/mol. The lowest BCUT2D eigenvalue weighted by molar-refractivity contribution is 0.627. The molecule has 0 atom stereocenters. The molecule has 84 valence electrons. The molecule has 1 aromatic heterocycles. The quantitative estimate of drug-likeness (QED) is 0.854. The highest BCUT2D eigenvalue weighted by Crippen LogP contribution is 2.11. The van der Waals surface area contributed by atoms with Gasteiger partial charge in [-0.1, -0.05) is 12.1 Å². The number of aromatic nitrogens is 2. The number of nitrogens with zero attached hydrogens (tertiary/aromatic N) is 2. The van der Waals surface area contributed by atoms with Gasteiger partial charge in [0.2, 0.25) is 11.1 Å². The largest absolute Gasteiger partial charge is 0.367 e. The molecule has 2 rings (SSSR count). The molecule has 2 aromatic rings. The Hall–Kier alpha value is -1.69. The van der Waals surface area contributed by atoms with Crippen molar-refractivity contribution < 1.29 is 4.39 Å². The van der Waals surface area contributed by atoms with Gasteiger partial charge in [0.25, 0.3) is 0 Å². The molecule has 0 radical (unpaired) electrons. The van der Waals surface area contributed by atoms with Gasteiger partial charge in [-0.05, 0) is 24.1 Å². The molecule has 6 heteroatoms. The van der Waals surface area contributed by atoms with Crippen molar-refractivity contribution in [2.75, 3.05) is 17.6 Å². The van der Waals surface area contributed by atoms with Crippen molar-refractivity contribution in [3.8, 4) is 0 Å². The standard InChI is InChI=1S/C10H11FN4S/c11-8-3-1-7(2-4-8)5-6-13-10-14-9(12)15-16-10/h1-4H,5-6H2,(H3,12,13,14,15). The molecule has 0 saturated heterocycles. The number of hydrogen-bond donors (Lipinski definition) is 2. The van der Waals surface area contributed by atoms with E-state index in [1.165, 1.54) is 23.7 Å². The molecule has 0 saturated carbocycles. The highest BCUT2D eigenvalue weighted by Gasteiger charge is 1.99. The van der Waals surface area contributed by atoms with Crippen LogP contribution < -0.4 is 11.1 Å². The van der Waals surface area contributed by atoms with Gasteiger partial charge < -0.3 is 11.1 Å². The number of nitrogens with two attached hydrogens (primary N) is 1. The smallest absolute Gasteiger partial charge is 0.233 e. The lowest BCUT2D eigenvalue weighted by Gasteiger charge is -2.02. The minimum atomic E-state index is -0.214. The highest BCUT2D eigenvalue weighted by atomic mass is 32.1. The highest BCUT2D eigenvalue weighted by molar-refractivity contribution is 7.09. The lowest BCUT2D eigenvalue weighted by Crippen LogP contribution is -2.04. The molecule has 16 heavy (non-hydrogen) atoms. The first-order valence-corrected chi connectivity index (χ1v) is 5.59. The number of anilines is 2. The van der Waals surface area contributed by atoms with Gasteiger partial charge in [-0.25, -0.2) is 4.39 Å². The molecule has 0 amide bonds. The number of hydrogen-bond acceptors (Lipinski definition) is 5. The molecule has 0 unspecified atom stereocenters. The van der Waals surface area contributed by atoms with E-state index in [0.29, 0.717) is 5.13 Å². The predicted octanol–water partition coefficient (Wildman–Crippen LogP) is 1.91. The van der Waals surface area contributed by atoms with Gasteiger partial charge in [-0.2, -0.15) is 9.36 Å². The van der Waals surface area contributed by atoms with Crippen molar-refractivity contribution in [3.63, 3.8) is 0 Å². The van der Waals surface area contributed by atoms with Crippen LogP contribution in [-0.4, -0.2) is 15.9 Å². The molecular weight excluding hydrogens is 227 g/mol. The minimum Gasteiger partial charge on any atom is -0.367 e. The molecule has 0 aliphatic carbocycles. The zero-order chi connectivity index (χ0) is 11.4. The third kappa shape index (κ3) is 2.90. The zero-order valence-electron chi connectivity index (χ0n) is 8.48. The Balaban J connectivity index is 1.82. The first-order chi connectivity index (χ1) is 7.74. The fourth-order valence-electron chi connectivity index (χ4n) is 1.27. The van der Waals surface area contributed by atoms with Gasteiger partial charge in [-0.3, -0.25) is 0 Å². The summed E-state index contributed by atoms with van der Waals surface area (Å²) in [5.41, 5.74) is 6.46. The second-order valence-electron chi connectivity index (χ2n) is 3.26. The molecule has 1 heterocycles. The van der Waals surface area contributed by atoms with E-state index < -0.39 is 0 Å². The van der Waals surface area contributed by atoms with Crippen molar-refractivity contribution in [1.82, 2.24) is 9.36 Å². The Bertz CT molecular complexity index is 454. The number of benzene rings is 1. The summed E-state index contributed by atoms with van der Waals surface area (Å²) in [6, 6.07) is 6.45. The molecule has 3 N–H and O–H groups in total. The Labute approximate surface area is 96.5 Å². The number of rotatable bonds is 4. The van der Waals surface area contributed by atoms with Gasteiger partial charge in [-0.15, -0.1) is 0 Å². The van der Waals surface area contributed by atoms with Crippen LogP contribution in [-0.2, 0) is 6.42 Å². The van der Waals surface area contributed by atoms with Crippen molar-refractivity contribution in [1.29, 1.82) is 0 Å². The van der Waals surface area contributed by atoms with E-state index in [1.54, 1.807) is 12.1 Å². The van der Waals surface area contributed by atoms with Crippen molar-refractivity contribution >= 4 is 22.6 Å². The minimum absolute atomic E-state index is 0.214. The monoisotopic (exact) mass is 238 g/mol. The van der Waals surface area contributed by atoms with Crippen LogP contribution in [0.1, 0.15) is 5.56 Å². The Morgan fingerprint density at radius 1 is 1.31 bits per heavy atom. The van der Waals surface area contributed by atoms with E-state index >= 15 is 0 Å². The summed E-state index contributed by atoms with van der Waals surface area (Å²) in [5, 5.41) is 3.81. The molecule has 0 aliphatic heterocycles. The van der Waals surface area contributed by atoms with Gasteiger partial charge in [0.05, 0.1) is 0 Å². The van der Waals surface area contributed by atoms with Gasteiger partial charge in [0, 0.05) is 18.1 Å². The first kappa shape index (κ1) is 10.8. The number of halogens is 1. The number of nitrogen functional groups attached to an aromatic ring is 1. The maximum atomic E-state index is 12.6. The van der Waals surface area contributed by atoms with Crippen LogP contribution in [0.25, 0.3) is 0 Å². The van der Waals surface area contributed by atoms with Crippen LogP contribution in [0.2, 0.25) is 0 Å². The third-order valence-electron chi connectivity index (χ3n) is 2.04. The third-order valence-corrected chi connectivity index (χ3v) is 2.73. The van der Waals surface area contributed by atoms with Crippen molar-refractivity contribution in [2.24, 2.45) is 0 Å². The van der Waals surface area contributed by atoms with Crippen LogP contribution >= 0.6 is 11.5 Å². The summed E-state index contributed by atoms with van der Waals surface area (Å²) in [6.07, 6.45) is 0.805. The average Bonchev–Trinajstić information content (AvgIpc) is 2.67. The van der Waals surface area contributed by atoms with Crippen LogP contribution in [0, 0.1) is 5.82 Å². The Morgan fingerprint density at radius 2 is 2.06 bits per heavy atom. The van der Waals surface area contributed by atoms with Gasteiger partial charge in [0.15, 0.2) is 0 Å². The average molecular weight is 238 g/mol. The summed E-state index contributed by atoms with van der Waals surface area (Å²) >= 11 is 1.23. The SMILES string of the molecule is Nc1nsc(NCCc2ccc(F)cc2)n1. The van der Waals surface area contributed by atoms with Gasteiger partial charge >= 0.3 is 0 Å². The summed E-state index contributed by atoms with van der Waals surface area (Å²) in [7, 11) is 0. The van der Waals surface area contributed by atoms with E-state index in [4.69, 9.17) is 5.73 Å². The molecule has 1 aromatic carbocycles. The molecular formula is C10H11FN4S. The molecule has 0 fully saturated rings. The second kappa shape index (κ2) is 4.89. The van der Waals surface area contributed by atoms with E-state index in [2.05, 4.69) is 14.7 Å². The van der Waals surface area contributed by atoms with E-state index in [0.717, 1.165) is 18.5 Å². The fourth-order valence-corrected chi connectivity index (χ4v) is 1.79. The fraction of sp³-hybridized carbons (Fsp3) is 0.200. The van der Waals surface area contributed by atoms with Crippen molar-refractivity contribution in [2.45, 2.75) is 6.42 Å². The first-order valence-electron chi connectivity index (χ1n) is 4.81. The van der Waals surface area contributed by atoms with Crippen LogP contribution in [0.5, 0.6) is 0 Å². The molecule has 0 bridgehead atoms. The molecule has 0 aliphatic rings. The van der Waals surface area contributed by atoms with Crippen LogP contribution in [0.3, 0.4) is 0 Å². The topological polar surface area (TPSA) is 63.8 Å².